The van der Waals surface area contributed by atoms with Crippen LogP contribution in [0.5, 0.6) is 0 Å². The molecule has 66 valence electrons. The molecule has 3 heteroatoms. The van der Waals surface area contributed by atoms with Crippen molar-refractivity contribution in [2.75, 3.05) is 6.54 Å². The van der Waals surface area contributed by atoms with E-state index in [9.17, 15) is 10.2 Å². The first-order chi connectivity index (χ1) is 4.93. The molecule has 0 unspecified atom stereocenters. The van der Waals surface area contributed by atoms with Gasteiger partial charge in [-0.25, -0.2) is 0 Å². The van der Waals surface area contributed by atoms with Crippen molar-refractivity contribution < 1.29 is 10.2 Å². The molecule has 0 saturated carbocycles. The molecule has 1 saturated heterocycles. The molecular formula is C8H17NO2. The maximum Gasteiger partial charge on any atom is 0.0969 e. The maximum absolute atomic E-state index is 9.48. The molecule has 0 aromatic carbocycles. The van der Waals surface area contributed by atoms with Crippen molar-refractivity contribution in [2.24, 2.45) is 5.41 Å². The Labute approximate surface area is 67.4 Å². The highest BCUT2D eigenvalue weighted by atomic mass is 16.3. The first kappa shape index (κ1) is 8.97. The average molecular weight is 159 g/mol. The molecule has 1 heterocycles. The van der Waals surface area contributed by atoms with Crippen molar-refractivity contribution in [3.05, 3.63) is 0 Å². The minimum absolute atomic E-state index is 0.0108. The second-order valence-corrected chi connectivity index (χ2v) is 4.31. The molecule has 1 fully saturated rings. The van der Waals surface area contributed by atoms with Crippen LogP contribution in [0.2, 0.25) is 0 Å². The van der Waals surface area contributed by atoms with E-state index in [-0.39, 0.29) is 11.5 Å². The first-order valence-corrected chi connectivity index (χ1v) is 4.02. The molecule has 0 aromatic heterocycles. The van der Waals surface area contributed by atoms with Crippen LogP contribution in [-0.2, 0) is 0 Å². The van der Waals surface area contributed by atoms with Crippen molar-refractivity contribution in [1.82, 2.24) is 5.32 Å². The molecule has 0 radical (unpaired) electrons. The van der Waals surface area contributed by atoms with E-state index in [0.717, 1.165) is 0 Å². The third-order valence-electron chi connectivity index (χ3n) is 2.22. The Hall–Kier alpha value is -0.120. The van der Waals surface area contributed by atoms with Crippen molar-refractivity contribution in [1.29, 1.82) is 0 Å². The van der Waals surface area contributed by atoms with Crippen molar-refractivity contribution >= 4 is 0 Å². The van der Waals surface area contributed by atoms with Gasteiger partial charge in [-0.05, 0) is 5.41 Å². The van der Waals surface area contributed by atoms with Gasteiger partial charge in [0, 0.05) is 12.6 Å². The SMILES string of the molecule is CC(C)(C)[C@H]1NC[C@H](O)[C@H]1O. The third-order valence-corrected chi connectivity index (χ3v) is 2.22. The Balaban J connectivity index is 2.62. The zero-order valence-corrected chi connectivity index (χ0v) is 7.33. The van der Waals surface area contributed by atoms with Gasteiger partial charge in [-0.1, -0.05) is 20.8 Å². The maximum atomic E-state index is 9.48. The molecule has 3 nitrogen and oxygen atoms in total. The minimum Gasteiger partial charge on any atom is -0.389 e. The van der Waals surface area contributed by atoms with Gasteiger partial charge in [0.25, 0.3) is 0 Å². The molecule has 3 atom stereocenters. The van der Waals surface area contributed by atoms with Gasteiger partial charge >= 0.3 is 0 Å². The topological polar surface area (TPSA) is 52.5 Å². The van der Waals surface area contributed by atoms with E-state index in [2.05, 4.69) is 5.32 Å². The molecule has 0 amide bonds. The Morgan fingerprint density at radius 1 is 1.27 bits per heavy atom. The van der Waals surface area contributed by atoms with E-state index in [1.165, 1.54) is 0 Å². The standard InChI is InChI=1S/C8H17NO2/c1-8(2,3)7-6(11)5(10)4-9-7/h5-7,9-11H,4H2,1-3H3/t5-,6+,7-/m0/s1. The fourth-order valence-electron chi connectivity index (χ4n) is 1.53. The van der Waals surface area contributed by atoms with Gasteiger partial charge in [0.2, 0.25) is 0 Å². The Morgan fingerprint density at radius 3 is 2.00 bits per heavy atom. The van der Waals surface area contributed by atoms with Crippen LogP contribution >= 0.6 is 0 Å². The summed E-state index contributed by atoms with van der Waals surface area (Å²) >= 11 is 0. The number of rotatable bonds is 0. The second kappa shape index (κ2) is 2.73. The monoisotopic (exact) mass is 159 g/mol. The molecule has 1 aliphatic rings. The Kier molecular flexibility index (Phi) is 2.23. The number of β-amino-alcohol motifs (C(OH)–C–C–N with tert-alkyl or cyclic N) is 1. The molecule has 0 bridgehead atoms. The fourth-order valence-corrected chi connectivity index (χ4v) is 1.53. The molecule has 1 aliphatic heterocycles. The lowest BCUT2D eigenvalue weighted by Crippen LogP contribution is -2.43. The summed E-state index contributed by atoms with van der Waals surface area (Å²) in [6, 6.07) is 0.0116. The summed E-state index contributed by atoms with van der Waals surface area (Å²) < 4.78 is 0. The van der Waals surface area contributed by atoms with Crippen molar-refractivity contribution in [2.45, 2.75) is 39.0 Å². The smallest absolute Gasteiger partial charge is 0.0969 e. The highest BCUT2D eigenvalue weighted by Crippen LogP contribution is 2.26. The predicted octanol–water partition coefficient (Wildman–Crippen LogP) is -0.274. The number of nitrogens with one attached hydrogen (secondary N) is 1. The summed E-state index contributed by atoms with van der Waals surface area (Å²) in [4.78, 5) is 0. The lowest BCUT2D eigenvalue weighted by atomic mass is 9.84. The summed E-state index contributed by atoms with van der Waals surface area (Å²) in [5.74, 6) is 0. The van der Waals surface area contributed by atoms with Crippen LogP contribution in [0.15, 0.2) is 0 Å². The highest BCUT2D eigenvalue weighted by molar-refractivity contribution is 4.96. The largest absolute Gasteiger partial charge is 0.389 e. The Morgan fingerprint density at radius 2 is 1.82 bits per heavy atom. The minimum atomic E-state index is -0.616. The van der Waals surface area contributed by atoms with Crippen molar-refractivity contribution in [3.63, 3.8) is 0 Å². The van der Waals surface area contributed by atoms with E-state index in [1.54, 1.807) is 0 Å². The normalized spacial score (nSPS) is 39.5. The van der Waals surface area contributed by atoms with E-state index < -0.39 is 12.2 Å². The highest BCUT2D eigenvalue weighted by Gasteiger charge is 2.39. The summed E-state index contributed by atoms with van der Waals surface area (Å²) in [6.45, 7) is 6.65. The summed E-state index contributed by atoms with van der Waals surface area (Å²) in [7, 11) is 0. The van der Waals surface area contributed by atoms with Crippen LogP contribution in [0, 0.1) is 5.41 Å². The van der Waals surface area contributed by atoms with Gasteiger partial charge in [0.05, 0.1) is 12.2 Å². The van der Waals surface area contributed by atoms with E-state index in [1.807, 2.05) is 20.8 Å². The fraction of sp³-hybridized carbons (Fsp3) is 1.00. The number of hydrogen-bond acceptors (Lipinski definition) is 3. The van der Waals surface area contributed by atoms with Gasteiger partial charge in [-0.15, -0.1) is 0 Å². The lowest BCUT2D eigenvalue weighted by molar-refractivity contribution is 0.0192. The zero-order chi connectivity index (χ0) is 8.65. The molecule has 1 rings (SSSR count). The number of aliphatic hydroxyl groups excluding tert-OH is 2. The van der Waals surface area contributed by atoms with Gasteiger partial charge in [0.1, 0.15) is 0 Å². The first-order valence-electron chi connectivity index (χ1n) is 4.02. The molecule has 3 N–H and O–H groups in total. The van der Waals surface area contributed by atoms with Crippen LogP contribution in [0.3, 0.4) is 0 Å². The summed E-state index contributed by atoms with van der Waals surface area (Å²) in [6.07, 6.45) is -1.21. The Bertz CT molecular complexity index is 142. The average Bonchev–Trinajstić information content (AvgIpc) is 2.11. The van der Waals surface area contributed by atoms with Gasteiger partial charge in [-0.2, -0.15) is 0 Å². The second-order valence-electron chi connectivity index (χ2n) is 4.31. The molecule has 11 heavy (non-hydrogen) atoms. The third kappa shape index (κ3) is 1.72. The lowest BCUT2D eigenvalue weighted by Gasteiger charge is -2.29. The van der Waals surface area contributed by atoms with Gasteiger partial charge in [0.15, 0.2) is 0 Å². The van der Waals surface area contributed by atoms with Gasteiger partial charge in [-0.3, -0.25) is 0 Å². The predicted molar refractivity (Wildman–Crippen MR) is 43.3 cm³/mol. The van der Waals surface area contributed by atoms with Gasteiger partial charge < -0.3 is 15.5 Å². The van der Waals surface area contributed by atoms with Crippen molar-refractivity contribution in [3.8, 4) is 0 Å². The van der Waals surface area contributed by atoms with Crippen LogP contribution in [-0.4, -0.2) is 35.0 Å². The quantitative estimate of drug-likeness (QED) is 0.456. The summed E-state index contributed by atoms with van der Waals surface area (Å²) in [5, 5.41) is 21.8. The van der Waals surface area contributed by atoms with E-state index in [4.69, 9.17) is 0 Å². The molecular weight excluding hydrogens is 142 g/mol. The summed E-state index contributed by atoms with van der Waals surface area (Å²) in [5.41, 5.74) is 0.0108. The van der Waals surface area contributed by atoms with Crippen LogP contribution in [0.25, 0.3) is 0 Å². The van der Waals surface area contributed by atoms with E-state index in [0.29, 0.717) is 6.54 Å². The molecule has 0 aromatic rings. The van der Waals surface area contributed by atoms with Crippen LogP contribution < -0.4 is 5.32 Å². The van der Waals surface area contributed by atoms with Crippen LogP contribution in [0.4, 0.5) is 0 Å². The molecule has 0 aliphatic carbocycles. The number of aliphatic hydroxyl groups is 2. The zero-order valence-electron chi connectivity index (χ0n) is 7.33. The van der Waals surface area contributed by atoms with E-state index >= 15 is 0 Å². The molecule has 0 spiro atoms. The number of hydrogen-bond donors (Lipinski definition) is 3. The van der Waals surface area contributed by atoms with Crippen LogP contribution in [0.1, 0.15) is 20.8 Å².